The van der Waals surface area contributed by atoms with E-state index in [0.29, 0.717) is 0 Å². The van der Waals surface area contributed by atoms with Crippen molar-refractivity contribution in [2.75, 3.05) is 25.0 Å². The number of anilines is 1. The predicted octanol–water partition coefficient (Wildman–Crippen LogP) is 4.02. The van der Waals surface area contributed by atoms with Crippen molar-refractivity contribution in [1.82, 2.24) is 10.2 Å². The summed E-state index contributed by atoms with van der Waals surface area (Å²) in [6, 6.07) is 19.0. The van der Waals surface area contributed by atoms with Gasteiger partial charge in [-0.2, -0.15) is 0 Å². The number of likely N-dealkylation sites (N-methyl/N-ethyl adjacent to an activating group) is 1. The summed E-state index contributed by atoms with van der Waals surface area (Å²) in [6.45, 7) is 3.05. The molecule has 1 N–H and O–H groups in total. The lowest BCUT2D eigenvalue weighted by Gasteiger charge is -2.32. The number of ether oxygens (including phenoxy) is 1. The third-order valence-electron chi connectivity index (χ3n) is 6.04. The van der Waals surface area contributed by atoms with E-state index in [1.165, 1.54) is 43.3 Å². The number of sulfonamides is 1. The van der Waals surface area contributed by atoms with Crippen LogP contribution in [0.4, 0.5) is 5.69 Å². The maximum Gasteiger partial charge on any atom is 0.264 e. The first kappa shape index (κ1) is 28.0. The number of hydrogen-bond acceptors (Lipinski definition) is 5. The standard InChI is InChI=1S/C27H30ClN3O5S/c1-19-10-8-9-11-21(19)17-30(20(2)27(33)29-3)26(32)18-31(24-16-22(28)14-15-25(24)36-4)37(34,35)23-12-6-5-7-13-23/h5-16,20H,17-18H2,1-4H3,(H,29,33). The molecule has 0 fully saturated rings. The summed E-state index contributed by atoms with van der Waals surface area (Å²) in [7, 11) is -1.33. The van der Waals surface area contributed by atoms with Gasteiger partial charge in [-0.25, -0.2) is 8.42 Å². The summed E-state index contributed by atoms with van der Waals surface area (Å²) in [5.74, 6) is -0.720. The average Bonchev–Trinajstić information content (AvgIpc) is 2.90. The van der Waals surface area contributed by atoms with Gasteiger partial charge in [-0.05, 0) is 55.3 Å². The zero-order chi connectivity index (χ0) is 27.2. The molecule has 0 radical (unpaired) electrons. The first-order valence-electron chi connectivity index (χ1n) is 11.6. The molecular weight excluding hydrogens is 514 g/mol. The smallest absolute Gasteiger partial charge is 0.264 e. The molecule has 37 heavy (non-hydrogen) atoms. The normalized spacial score (nSPS) is 11.9. The molecule has 10 heteroatoms. The van der Waals surface area contributed by atoms with Crippen molar-refractivity contribution in [2.45, 2.75) is 31.3 Å². The van der Waals surface area contributed by atoms with Gasteiger partial charge in [0.25, 0.3) is 10.0 Å². The van der Waals surface area contributed by atoms with E-state index >= 15 is 0 Å². The Kier molecular flexibility index (Phi) is 9.18. The maximum atomic E-state index is 13.8. The number of amides is 2. The molecule has 0 saturated heterocycles. The zero-order valence-electron chi connectivity index (χ0n) is 21.1. The summed E-state index contributed by atoms with van der Waals surface area (Å²) < 4.78 is 34.0. The van der Waals surface area contributed by atoms with Gasteiger partial charge in [0.15, 0.2) is 0 Å². The van der Waals surface area contributed by atoms with Crippen LogP contribution < -0.4 is 14.4 Å². The molecular formula is C27H30ClN3O5S. The Morgan fingerprint density at radius 1 is 1.03 bits per heavy atom. The highest BCUT2D eigenvalue weighted by Crippen LogP contribution is 2.35. The highest BCUT2D eigenvalue weighted by molar-refractivity contribution is 7.92. The molecule has 0 aliphatic heterocycles. The van der Waals surface area contributed by atoms with Gasteiger partial charge < -0.3 is 15.0 Å². The lowest BCUT2D eigenvalue weighted by molar-refractivity contribution is -0.139. The van der Waals surface area contributed by atoms with E-state index in [1.54, 1.807) is 31.2 Å². The number of benzene rings is 3. The van der Waals surface area contributed by atoms with Crippen molar-refractivity contribution in [1.29, 1.82) is 0 Å². The molecule has 3 aromatic carbocycles. The largest absolute Gasteiger partial charge is 0.495 e. The van der Waals surface area contributed by atoms with Crippen LogP contribution >= 0.6 is 11.6 Å². The van der Waals surface area contributed by atoms with Gasteiger partial charge in [-0.15, -0.1) is 0 Å². The molecule has 1 unspecified atom stereocenters. The summed E-state index contributed by atoms with van der Waals surface area (Å²) in [4.78, 5) is 27.8. The number of nitrogens with zero attached hydrogens (tertiary/aromatic N) is 2. The van der Waals surface area contributed by atoms with Crippen LogP contribution in [0.1, 0.15) is 18.1 Å². The van der Waals surface area contributed by atoms with Crippen molar-refractivity contribution in [3.05, 3.63) is 88.9 Å². The van der Waals surface area contributed by atoms with Crippen molar-refractivity contribution < 1.29 is 22.7 Å². The van der Waals surface area contributed by atoms with Crippen LogP contribution in [0.3, 0.4) is 0 Å². The van der Waals surface area contributed by atoms with Crippen molar-refractivity contribution in [3.8, 4) is 5.75 Å². The number of hydrogen-bond donors (Lipinski definition) is 1. The van der Waals surface area contributed by atoms with Gasteiger partial charge in [0.05, 0.1) is 17.7 Å². The van der Waals surface area contributed by atoms with Gasteiger partial charge in [0.1, 0.15) is 18.3 Å². The molecule has 0 aromatic heterocycles. The molecule has 0 spiro atoms. The number of halogens is 1. The van der Waals surface area contributed by atoms with Crippen LogP contribution in [0.5, 0.6) is 5.75 Å². The highest BCUT2D eigenvalue weighted by Gasteiger charge is 2.33. The van der Waals surface area contributed by atoms with E-state index in [2.05, 4.69) is 5.32 Å². The Labute approximate surface area is 222 Å². The van der Waals surface area contributed by atoms with Crippen molar-refractivity contribution >= 4 is 39.1 Å². The van der Waals surface area contributed by atoms with E-state index in [9.17, 15) is 18.0 Å². The fourth-order valence-electron chi connectivity index (χ4n) is 3.85. The molecule has 196 valence electrons. The van der Waals surface area contributed by atoms with Gasteiger partial charge in [-0.1, -0.05) is 54.1 Å². The molecule has 3 rings (SSSR count). The topological polar surface area (TPSA) is 96.0 Å². The highest BCUT2D eigenvalue weighted by atomic mass is 35.5. The number of methoxy groups -OCH3 is 1. The molecule has 0 saturated carbocycles. The molecule has 1 atom stereocenters. The summed E-state index contributed by atoms with van der Waals surface area (Å²) in [6.07, 6.45) is 0. The Balaban J connectivity index is 2.11. The van der Waals surface area contributed by atoms with E-state index in [0.717, 1.165) is 15.4 Å². The first-order valence-corrected chi connectivity index (χ1v) is 13.4. The number of nitrogens with one attached hydrogen (secondary N) is 1. The lowest BCUT2D eigenvalue weighted by atomic mass is 10.1. The second-order valence-corrected chi connectivity index (χ2v) is 10.7. The first-order chi connectivity index (χ1) is 17.6. The van der Waals surface area contributed by atoms with Crippen LogP contribution in [0.15, 0.2) is 77.7 Å². The monoisotopic (exact) mass is 543 g/mol. The minimum Gasteiger partial charge on any atom is -0.495 e. The molecule has 0 heterocycles. The molecule has 0 bridgehead atoms. The molecule has 0 aliphatic carbocycles. The average molecular weight is 544 g/mol. The Bertz CT molecular complexity index is 1370. The molecule has 8 nitrogen and oxygen atoms in total. The van der Waals surface area contributed by atoms with Crippen LogP contribution in [0.25, 0.3) is 0 Å². The fraction of sp³-hybridized carbons (Fsp3) is 0.259. The van der Waals surface area contributed by atoms with E-state index in [-0.39, 0.29) is 33.8 Å². The fourth-order valence-corrected chi connectivity index (χ4v) is 5.46. The third kappa shape index (κ3) is 6.42. The lowest BCUT2D eigenvalue weighted by Crippen LogP contribution is -2.50. The number of carbonyl (C=O) groups excluding carboxylic acids is 2. The summed E-state index contributed by atoms with van der Waals surface area (Å²) >= 11 is 6.22. The molecule has 3 aromatic rings. The minimum absolute atomic E-state index is 0.00497. The van der Waals surface area contributed by atoms with Gasteiger partial charge in [0, 0.05) is 18.6 Å². The number of aryl methyl sites for hydroxylation is 1. The van der Waals surface area contributed by atoms with Crippen LogP contribution in [0.2, 0.25) is 5.02 Å². The third-order valence-corrected chi connectivity index (χ3v) is 8.04. The number of rotatable bonds is 10. The Hall–Kier alpha value is -3.56. The Morgan fingerprint density at radius 3 is 2.30 bits per heavy atom. The van der Waals surface area contributed by atoms with E-state index < -0.39 is 28.5 Å². The molecule has 0 aliphatic rings. The SMILES string of the molecule is CNC(=O)C(C)N(Cc1ccccc1C)C(=O)CN(c1cc(Cl)ccc1OC)S(=O)(=O)c1ccccc1. The number of carbonyl (C=O) groups is 2. The summed E-state index contributed by atoms with van der Waals surface area (Å²) in [5.41, 5.74) is 1.88. The maximum absolute atomic E-state index is 13.8. The molecule has 2 amide bonds. The second kappa shape index (κ2) is 12.1. The van der Waals surface area contributed by atoms with Crippen LogP contribution in [-0.2, 0) is 26.2 Å². The second-order valence-electron chi connectivity index (χ2n) is 8.38. The van der Waals surface area contributed by atoms with E-state index in [4.69, 9.17) is 16.3 Å². The predicted molar refractivity (Wildman–Crippen MR) is 144 cm³/mol. The van der Waals surface area contributed by atoms with Gasteiger partial charge in [0.2, 0.25) is 11.8 Å². The van der Waals surface area contributed by atoms with Crippen molar-refractivity contribution in [3.63, 3.8) is 0 Å². The van der Waals surface area contributed by atoms with E-state index in [1.807, 2.05) is 31.2 Å². The van der Waals surface area contributed by atoms with Gasteiger partial charge >= 0.3 is 0 Å². The van der Waals surface area contributed by atoms with Crippen LogP contribution in [-0.4, -0.2) is 51.9 Å². The minimum atomic E-state index is -4.22. The zero-order valence-corrected chi connectivity index (χ0v) is 22.7. The van der Waals surface area contributed by atoms with Crippen LogP contribution in [0, 0.1) is 6.92 Å². The summed E-state index contributed by atoms with van der Waals surface area (Å²) in [5, 5.41) is 2.84. The van der Waals surface area contributed by atoms with Crippen molar-refractivity contribution in [2.24, 2.45) is 0 Å². The van der Waals surface area contributed by atoms with Gasteiger partial charge in [-0.3, -0.25) is 13.9 Å². The Morgan fingerprint density at radius 2 is 1.68 bits per heavy atom. The quantitative estimate of drug-likeness (QED) is 0.417.